The Morgan fingerprint density at radius 2 is 2.00 bits per heavy atom. The van der Waals surface area contributed by atoms with Crippen molar-refractivity contribution in [2.24, 2.45) is 0 Å². The molecule has 0 amide bonds. The number of rotatable bonds is 4. The first-order chi connectivity index (χ1) is 5.43. The Bertz CT molecular complexity index is 243. The highest BCUT2D eigenvalue weighted by molar-refractivity contribution is 7.87. The van der Waals surface area contributed by atoms with E-state index in [0.29, 0.717) is 0 Å². The van der Waals surface area contributed by atoms with Gasteiger partial charge in [-0.05, 0) is 13.3 Å². The van der Waals surface area contributed by atoms with Crippen LogP contribution in [0.15, 0.2) is 0 Å². The molecule has 0 aromatic carbocycles. The summed E-state index contributed by atoms with van der Waals surface area (Å²) in [6.07, 6.45) is 0.0116. The quantitative estimate of drug-likeness (QED) is 0.513. The molecule has 6 heteroatoms. The van der Waals surface area contributed by atoms with Crippen molar-refractivity contribution in [1.29, 1.82) is 0 Å². The summed E-state index contributed by atoms with van der Waals surface area (Å²) in [5.41, 5.74) is 0. The van der Waals surface area contributed by atoms with Crippen molar-refractivity contribution < 1.29 is 22.5 Å². The largest absolute Gasteiger partial charge is 0.465 e. The number of carbonyl (C=O) groups excluding carboxylic acids is 1. The lowest BCUT2D eigenvalue weighted by Gasteiger charge is -2.09. The van der Waals surface area contributed by atoms with Gasteiger partial charge in [0.15, 0.2) is 5.25 Å². The molecule has 0 saturated carbocycles. The van der Waals surface area contributed by atoms with Crippen LogP contribution in [0.2, 0.25) is 0 Å². The van der Waals surface area contributed by atoms with Gasteiger partial charge < -0.3 is 4.74 Å². The lowest BCUT2D eigenvalue weighted by atomic mass is 10.3. The third kappa shape index (κ3) is 3.19. The average molecular weight is 196 g/mol. The number of ether oxygens (including phenoxy) is 1. The van der Waals surface area contributed by atoms with Crippen LogP contribution < -0.4 is 0 Å². The first-order valence-corrected chi connectivity index (χ1v) is 5.06. The topological polar surface area (TPSA) is 80.7 Å². The molecule has 0 rings (SSSR count). The highest BCUT2D eigenvalue weighted by Gasteiger charge is 2.30. The third-order valence-electron chi connectivity index (χ3n) is 1.28. The van der Waals surface area contributed by atoms with Crippen LogP contribution in [0, 0.1) is 0 Å². The van der Waals surface area contributed by atoms with E-state index in [2.05, 4.69) is 4.74 Å². The monoisotopic (exact) mass is 196 g/mol. The molecule has 0 aliphatic carbocycles. The van der Waals surface area contributed by atoms with Gasteiger partial charge in [0.2, 0.25) is 0 Å². The van der Waals surface area contributed by atoms with E-state index in [0.717, 1.165) is 0 Å². The Labute approximate surface area is 71.5 Å². The molecule has 0 aliphatic rings. The summed E-state index contributed by atoms with van der Waals surface area (Å²) in [7, 11) is -4.31. The van der Waals surface area contributed by atoms with E-state index in [4.69, 9.17) is 4.55 Å². The van der Waals surface area contributed by atoms with Crippen LogP contribution in [0.25, 0.3) is 0 Å². The first-order valence-electron chi connectivity index (χ1n) is 3.56. The molecule has 0 aliphatic heterocycles. The Morgan fingerprint density at radius 3 is 2.25 bits per heavy atom. The summed E-state index contributed by atoms with van der Waals surface area (Å²) in [5, 5.41) is -1.45. The molecule has 0 saturated heterocycles. The second kappa shape index (κ2) is 4.42. The highest BCUT2D eigenvalue weighted by Crippen LogP contribution is 2.05. The summed E-state index contributed by atoms with van der Waals surface area (Å²) < 4.78 is 34.1. The normalized spacial score (nSPS) is 13.9. The number of carbonyl (C=O) groups is 1. The van der Waals surface area contributed by atoms with Crippen LogP contribution in [-0.2, 0) is 19.6 Å². The third-order valence-corrected chi connectivity index (χ3v) is 2.52. The summed E-state index contributed by atoms with van der Waals surface area (Å²) in [6.45, 7) is 3.15. The van der Waals surface area contributed by atoms with Crippen molar-refractivity contribution in [3.63, 3.8) is 0 Å². The van der Waals surface area contributed by atoms with Gasteiger partial charge in [-0.3, -0.25) is 9.35 Å². The van der Waals surface area contributed by atoms with Crippen molar-refractivity contribution in [3.05, 3.63) is 0 Å². The van der Waals surface area contributed by atoms with Crippen LogP contribution in [0.5, 0.6) is 0 Å². The molecule has 0 aromatic heterocycles. The van der Waals surface area contributed by atoms with Gasteiger partial charge in [-0.1, -0.05) is 6.92 Å². The van der Waals surface area contributed by atoms with Crippen LogP contribution in [0.4, 0.5) is 0 Å². The molecule has 5 nitrogen and oxygen atoms in total. The van der Waals surface area contributed by atoms with Gasteiger partial charge in [0.05, 0.1) is 6.61 Å². The molecule has 1 atom stereocenters. The Morgan fingerprint density at radius 1 is 1.50 bits per heavy atom. The molecule has 0 spiro atoms. The highest BCUT2D eigenvalue weighted by atomic mass is 32.2. The van der Waals surface area contributed by atoms with E-state index >= 15 is 0 Å². The Kier molecular flexibility index (Phi) is 4.19. The smallest absolute Gasteiger partial charge is 0.326 e. The van der Waals surface area contributed by atoms with Gasteiger partial charge in [0.1, 0.15) is 0 Å². The maximum Gasteiger partial charge on any atom is 0.326 e. The van der Waals surface area contributed by atoms with E-state index in [9.17, 15) is 13.2 Å². The maximum atomic E-state index is 10.9. The van der Waals surface area contributed by atoms with E-state index in [1.807, 2.05) is 0 Å². The fourth-order valence-corrected chi connectivity index (χ4v) is 1.47. The molecule has 0 bridgehead atoms. The molecule has 72 valence electrons. The molecule has 0 aromatic rings. The fourth-order valence-electron chi connectivity index (χ4n) is 0.734. The van der Waals surface area contributed by atoms with Crippen molar-refractivity contribution in [1.82, 2.24) is 0 Å². The summed E-state index contributed by atoms with van der Waals surface area (Å²) in [6, 6.07) is 0. The standard InChI is InChI=1S/C6H12O5S/c1-3-5(12(8,9)10)6(7)11-4-2/h5H,3-4H2,1-2H3,(H,8,9,10). The predicted molar refractivity (Wildman–Crippen MR) is 42.3 cm³/mol. The summed E-state index contributed by atoms with van der Waals surface area (Å²) in [5.74, 6) is -0.900. The van der Waals surface area contributed by atoms with Gasteiger partial charge in [-0.15, -0.1) is 0 Å². The van der Waals surface area contributed by atoms with E-state index in [-0.39, 0.29) is 13.0 Å². The van der Waals surface area contributed by atoms with Crippen LogP contribution in [0.1, 0.15) is 20.3 Å². The number of esters is 1. The molecule has 0 fully saturated rings. The second-order valence-corrected chi connectivity index (χ2v) is 3.76. The van der Waals surface area contributed by atoms with Crippen molar-refractivity contribution >= 4 is 16.1 Å². The van der Waals surface area contributed by atoms with Gasteiger partial charge in [-0.25, -0.2) is 0 Å². The van der Waals surface area contributed by atoms with E-state index in [1.54, 1.807) is 6.92 Å². The maximum absolute atomic E-state index is 10.9. The minimum Gasteiger partial charge on any atom is -0.465 e. The molecule has 1 N–H and O–H groups in total. The molecular weight excluding hydrogens is 184 g/mol. The zero-order valence-corrected chi connectivity index (χ0v) is 7.80. The first kappa shape index (κ1) is 11.4. The molecule has 12 heavy (non-hydrogen) atoms. The van der Waals surface area contributed by atoms with Crippen LogP contribution in [0.3, 0.4) is 0 Å². The van der Waals surface area contributed by atoms with E-state index < -0.39 is 21.3 Å². The molecular formula is C6H12O5S. The number of hydrogen-bond acceptors (Lipinski definition) is 4. The van der Waals surface area contributed by atoms with Gasteiger partial charge >= 0.3 is 5.97 Å². The zero-order valence-electron chi connectivity index (χ0n) is 6.98. The average Bonchev–Trinajstić information content (AvgIpc) is 1.85. The SMILES string of the molecule is CCOC(=O)C(CC)S(=O)(=O)O. The Balaban J connectivity index is 4.47. The minimum absolute atomic E-state index is 0.0116. The summed E-state index contributed by atoms with van der Waals surface area (Å²) >= 11 is 0. The molecule has 0 heterocycles. The van der Waals surface area contributed by atoms with Gasteiger partial charge in [-0.2, -0.15) is 8.42 Å². The van der Waals surface area contributed by atoms with Crippen molar-refractivity contribution in [2.75, 3.05) is 6.61 Å². The Hall–Kier alpha value is -0.620. The molecule has 1 unspecified atom stereocenters. The lowest BCUT2D eigenvalue weighted by molar-refractivity contribution is -0.142. The fraction of sp³-hybridized carbons (Fsp3) is 0.833. The van der Waals surface area contributed by atoms with Crippen molar-refractivity contribution in [3.8, 4) is 0 Å². The second-order valence-electron chi connectivity index (χ2n) is 2.16. The van der Waals surface area contributed by atoms with E-state index in [1.165, 1.54) is 6.92 Å². The minimum atomic E-state index is -4.31. The van der Waals surface area contributed by atoms with Crippen LogP contribution in [-0.4, -0.2) is 30.8 Å². The van der Waals surface area contributed by atoms with Gasteiger partial charge in [0, 0.05) is 0 Å². The zero-order chi connectivity index (χ0) is 9.78. The van der Waals surface area contributed by atoms with Gasteiger partial charge in [0.25, 0.3) is 10.1 Å². The lowest BCUT2D eigenvalue weighted by Crippen LogP contribution is -2.30. The van der Waals surface area contributed by atoms with Crippen molar-refractivity contribution in [2.45, 2.75) is 25.5 Å². The molecule has 0 radical (unpaired) electrons. The number of hydrogen-bond donors (Lipinski definition) is 1. The summed E-state index contributed by atoms with van der Waals surface area (Å²) in [4.78, 5) is 10.9. The predicted octanol–water partition coefficient (Wildman–Crippen LogP) is 0.216. The van der Waals surface area contributed by atoms with Crippen LogP contribution >= 0.6 is 0 Å².